The molecule has 16 heavy (non-hydrogen) atoms. The van der Waals surface area contributed by atoms with Gasteiger partial charge in [0, 0.05) is 34.4 Å². The van der Waals surface area contributed by atoms with Gasteiger partial charge in [0.1, 0.15) is 0 Å². The molecule has 1 aliphatic heterocycles. The van der Waals surface area contributed by atoms with Crippen molar-refractivity contribution in [2.75, 3.05) is 11.5 Å². The van der Waals surface area contributed by atoms with E-state index in [0.717, 1.165) is 25.0 Å². The van der Waals surface area contributed by atoms with Gasteiger partial charge in [-0.05, 0) is 19.3 Å². The summed E-state index contributed by atoms with van der Waals surface area (Å²) in [5.41, 5.74) is 0. The Morgan fingerprint density at radius 2 is 1.69 bits per heavy atom. The lowest BCUT2D eigenvalue weighted by Gasteiger charge is -2.23. The summed E-state index contributed by atoms with van der Waals surface area (Å²) in [6.07, 6.45) is 6.79. The van der Waals surface area contributed by atoms with Crippen molar-refractivity contribution in [1.82, 2.24) is 10.6 Å². The van der Waals surface area contributed by atoms with Crippen LogP contribution in [0.3, 0.4) is 0 Å². The third kappa shape index (κ3) is 3.47. The molecule has 2 N–H and O–H groups in total. The molecule has 1 saturated heterocycles. The summed E-state index contributed by atoms with van der Waals surface area (Å²) in [6, 6.07) is 0.390. The lowest BCUT2D eigenvalue weighted by Crippen LogP contribution is -2.47. The van der Waals surface area contributed by atoms with Gasteiger partial charge >= 0.3 is 6.03 Å². The number of urea groups is 1. The normalized spacial score (nSPS) is 31.2. The fourth-order valence-corrected chi connectivity index (χ4v) is 3.85. The maximum atomic E-state index is 11.7. The van der Waals surface area contributed by atoms with E-state index in [9.17, 15) is 9.00 Å². The molecule has 0 bridgehead atoms. The Kier molecular flexibility index (Phi) is 4.21. The highest BCUT2D eigenvalue weighted by Crippen LogP contribution is 2.17. The minimum atomic E-state index is -0.719. The Balaban J connectivity index is 1.69. The van der Waals surface area contributed by atoms with E-state index in [-0.39, 0.29) is 12.1 Å². The lowest BCUT2D eigenvalue weighted by atomic mass is 9.96. The standard InChI is InChI=1S/C11H20N2O2S/c14-11(12-9-4-2-1-3-5-9)13-10-6-7-16(15)8-10/h9-10H,1-8H2,(H2,12,13,14). The molecule has 1 heterocycles. The van der Waals surface area contributed by atoms with Gasteiger partial charge in [-0.1, -0.05) is 19.3 Å². The first-order valence-electron chi connectivity index (χ1n) is 6.16. The van der Waals surface area contributed by atoms with Crippen molar-refractivity contribution in [3.63, 3.8) is 0 Å². The summed E-state index contributed by atoms with van der Waals surface area (Å²) in [6.45, 7) is 0. The molecule has 1 aliphatic carbocycles. The minimum Gasteiger partial charge on any atom is -0.335 e. The summed E-state index contributed by atoms with van der Waals surface area (Å²) < 4.78 is 11.2. The van der Waals surface area contributed by atoms with E-state index >= 15 is 0 Å². The number of carbonyl (C=O) groups excluding carboxylic acids is 1. The fourth-order valence-electron chi connectivity index (χ4n) is 2.44. The van der Waals surface area contributed by atoms with E-state index in [1.54, 1.807) is 0 Å². The number of hydrogen-bond donors (Lipinski definition) is 2. The van der Waals surface area contributed by atoms with Crippen molar-refractivity contribution in [3.05, 3.63) is 0 Å². The zero-order valence-corrected chi connectivity index (χ0v) is 10.4. The molecule has 1 saturated carbocycles. The van der Waals surface area contributed by atoms with Crippen LogP contribution in [0.1, 0.15) is 38.5 Å². The summed E-state index contributed by atoms with van der Waals surface area (Å²) >= 11 is 0. The van der Waals surface area contributed by atoms with Crippen LogP contribution in [-0.4, -0.2) is 33.8 Å². The van der Waals surface area contributed by atoms with Crippen LogP contribution in [0.25, 0.3) is 0 Å². The Morgan fingerprint density at radius 3 is 2.31 bits per heavy atom. The Labute approximate surface area is 99.0 Å². The van der Waals surface area contributed by atoms with Gasteiger partial charge in [-0.3, -0.25) is 4.21 Å². The van der Waals surface area contributed by atoms with E-state index in [4.69, 9.17) is 0 Å². The predicted octanol–water partition coefficient (Wildman–Crippen LogP) is 1.14. The zero-order chi connectivity index (χ0) is 11.4. The number of carbonyl (C=O) groups is 1. The first-order chi connectivity index (χ1) is 7.74. The van der Waals surface area contributed by atoms with Crippen LogP contribution in [0.15, 0.2) is 0 Å². The van der Waals surface area contributed by atoms with Gasteiger partial charge in [-0.2, -0.15) is 0 Å². The second kappa shape index (κ2) is 5.66. The molecule has 2 rings (SSSR count). The third-order valence-corrected chi connectivity index (χ3v) is 4.82. The molecule has 2 atom stereocenters. The van der Waals surface area contributed by atoms with Gasteiger partial charge in [0.05, 0.1) is 0 Å². The van der Waals surface area contributed by atoms with E-state index < -0.39 is 10.8 Å². The van der Waals surface area contributed by atoms with Crippen molar-refractivity contribution in [3.8, 4) is 0 Å². The summed E-state index contributed by atoms with van der Waals surface area (Å²) in [5.74, 6) is 1.35. The molecule has 5 heteroatoms. The molecule has 0 aromatic heterocycles. The highest BCUT2D eigenvalue weighted by atomic mass is 32.2. The smallest absolute Gasteiger partial charge is 0.315 e. The molecule has 92 valence electrons. The number of nitrogens with one attached hydrogen (secondary N) is 2. The zero-order valence-electron chi connectivity index (χ0n) is 9.54. The van der Waals surface area contributed by atoms with Gasteiger partial charge in [0.25, 0.3) is 0 Å². The van der Waals surface area contributed by atoms with Crippen molar-refractivity contribution < 1.29 is 9.00 Å². The third-order valence-electron chi connectivity index (χ3n) is 3.36. The summed E-state index contributed by atoms with van der Waals surface area (Å²) in [5, 5.41) is 5.93. The van der Waals surface area contributed by atoms with Crippen LogP contribution in [0.4, 0.5) is 4.79 Å². The monoisotopic (exact) mass is 244 g/mol. The molecular weight excluding hydrogens is 224 g/mol. The number of rotatable bonds is 2. The molecule has 0 radical (unpaired) electrons. The van der Waals surface area contributed by atoms with Gasteiger partial charge in [-0.15, -0.1) is 0 Å². The Hall–Kier alpha value is -0.580. The lowest BCUT2D eigenvalue weighted by molar-refractivity contribution is 0.230. The van der Waals surface area contributed by atoms with Crippen molar-refractivity contribution in [2.24, 2.45) is 0 Å². The molecule has 2 amide bonds. The molecule has 0 aromatic carbocycles. The Morgan fingerprint density at radius 1 is 1.00 bits per heavy atom. The SMILES string of the molecule is O=C(NC1CCCCC1)NC1CCS(=O)C1. The summed E-state index contributed by atoms with van der Waals surface area (Å²) in [7, 11) is -0.719. The van der Waals surface area contributed by atoms with E-state index in [0.29, 0.717) is 11.8 Å². The topological polar surface area (TPSA) is 58.2 Å². The molecule has 2 aliphatic rings. The second-order valence-corrected chi connectivity index (χ2v) is 6.37. The molecule has 2 unspecified atom stereocenters. The van der Waals surface area contributed by atoms with Crippen molar-refractivity contribution in [1.29, 1.82) is 0 Å². The van der Waals surface area contributed by atoms with E-state index in [2.05, 4.69) is 10.6 Å². The summed E-state index contributed by atoms with van der Waals surface area (Å²) in [4.78, 5) is 11.7. The number of hydrogen-bond acceptors (Lipinski definition) is 2. The van der Waals surface area contributed by atoms with Gasteiger partial charge in [-0.25, -0.2) is 4.79 Å². The quantitative estimate of drug-likeness (QED) is 0.765. The molecule has 0 spiro atoms. The highest BCUT2D eigenvalue weighted by molar-refractivity contribution is 7.85. The number of amides is 2. The van der Waals surface area contributed by atoms with Gasteiger partial charge < -0.3 is 10.6 Å². The molecule has 4 nitrogen and oxygen atoms in total. The van der Waals surface area contributed by atoms with Crippen LogP contribution in [0, 0.1) is 0 Å². The molecule has 2 fully saturated rings. The Bertz CT molecular complexity index is 277. The van der Waals surface area contributed by atoms with Crippen LogP contribution in [0.5, 0.6) is 0 Å². The predicted molar refractivity (Wildman–Crippen MR) is 64.8 cm³/mol. The van der Waals surface area contributed by atoms with Crippen molar-refractivity contribution in [2.45, 2.75) is 50.6 Å². The minimum absolute atomic E-state index is 0.0733. The maximum absolute atomic E-state index is 11.7. The van der Waals surface area contributed by atoms with Crippen LogP contribution in [-0.2, 0) is 10.8 Å². The first-order valence-corrected chi connectivity index (χ1v) is 7.65. The van der Waals surface area contributed by atoms with Crippen LogP contribution < -0.4 is 10.6 Å². The largest absolute Gasteiger partial charge is 0.335 e. The van der Waals surface area contributed by atoms with E-state index in [1.807, 2.05) is 0 Å². The second-order valence-electron chi connectivity index (χ2n) is 4.75. The molecule has 0 aromatic rings. The van der Waals surface area contributed by atoms with Crippen LogP contribution in [0.2, 0.25) is 0 Å². The maximum Gasteiger partial charge on any atom is 0.315 e. The fraction of sp³-hybridized carbons (Fsp3) is 0.909. The average Bonchev–Trinajstić information content (AvgIpc) is 2.65. The van der Waals surface area contributed by atoms with Crippen molar-refractivity contribution >= 4 is 16.8 Å². The average molecular weight is 244 g/mol. The van der Waals surface area contributed by atoms with Gasteiger partial charge in [0.2, 0.25) is 0 Å². The van der Waals surface area contributed by atoms with Gasteiger partial charge in [0.15, 0.2) is 0 Å². The highest BCUT2D eigenvalue weighted by Gasteiger charge is 2.23. The van der Waals surface area contributed by atoms with E-state index in [1.165, 1.54) is 19.3 Å². The molecular formula is C11H20N2O2S. The van der Waals surface area contributed by atoms with Crippen LogP contribution >= 0.6 is 0 Å². The first kappa shape index (κ1) is 11.9.